The average molecular weight is 405 g/mol. The molecule has 1 nitrogen and oxygen atoms in total. The maximum absolute atomic E-state index is 2.59. The molecule has 0 N–H and O–H groups in total. The van der Waals surface area contributed by atoms with E-state index in [9.17, 15) is 0 Å². The third kappa shape index (κ3) is 11.9. The second kappa shape index (κ2) is 12.2. The summed E-state index contributed by atoms with van der Waals surface area (Å²) in [6.45, 7) is 12.8. The Morgan fingerprint density at radius 1 is 0.571 bits per heavy atom. The molecule has 0 rings (SSSR count). The monoisotopic (exact) mass is 406 g/mol. The van der Waals surface area contributed by atoms with E-state index in [0.29, 0.717) is 0 Å². The normalized spacial score (nSPS) is 12.9. The van der Waals surface area contributed by atoms with Gasteiger partial charge in [-0.2, -0.15) is 0 Å². The van der Waals surface area contributed by atoms with Crippen LogP contribution in [0, 0.1) is 0 Å². The molecule has 0 heterocycles. The van der Waals surface area contributed by atoms with Crippen molar-refractivity contribution < 1.29 is 4.48 Å². The first-order valence-corrected chi connectivity index (χ1v) is 20.3. The molecule has 0 spiro atoms. The van der Waals surface area contributed by atoms with E-state index >= 15 is 0 Å². The van der Waals surface area contributed by atoms with Crippen LogP contribution < -0.4 is 0 Å². The summed E-state index contributed by atoms with van der Waals surface area (Å²) in [7, 11) is 0. The summed E-state index contributed by atoms with van der Waals surface area (Å²) in [6, 6.07) is 0. The van der Waals surface area contributed by atoms with E-state index in [0.717, 1.165) is 0 Å². The van der Waals surface area contributed by atoms with Gasteiger partial charge in [-0.25, -0.2) is 0 Å². The minimum absolute atomic E-state index is 1.36. The molecule has 0 radical (unpaired) electrons. The predicted molar refractivity (Wildman–Crippen MR) is 102 cm³/mol. The Bertz CT molecular complexity index is 210. The van der Waals surface area contributed by atoms with Crippen molar-refractivity contribution in [3.63, 3.8) is 0 Å². The van der Waals surface area contributed by atoms with Crippen LogP contribution in [-0.4, -0.2) is 49.0 Å². The molecule has 0 aromatic heterocycles. The first-order chi connectivity index (χ1) is 9.89. The van der Waals surface area contributed by atoms with Crippen LogP contribution in [0.3, 0.4) is 0 Å². The number of unbranched alkanes of at least 4 members (excludes halogenated alkanes) is 4. The SMILES string of the molecule is CCCC[N+](CCCC)(CCCC)CCC[CH2][Sn]([CH3])([CH3])[CH3]. The van der Waals surface area contributed by atoms with Crippen LogP contribution in [0.2, 0.25) is 19.3 Å². The van der Waals surface area contributed by atoms with Gasteiger partial charge in [0.25, 0.3) is 0 Å². The van der Waals surface area contributed by atoms with Crippen LogP contribution in [0.4, 0.5) is 0 Å². The van der Waals surface area contributed by atoms with Gasteiger partial charge in [0.1, 0.15) is 0 Å². The number of rotatable bonds is 14. The van der Waals surface area contributed by atoms with E-state index in [1.807, 2.05) is 0 Å². The van der Waals surface area contributed by atoms with Crippen molar-refractivity contribution in [1.29, 1.82) is 0 Å². The Morgan fingerprint density at radius 2 is 0.952 bits per heavy atom. The summed E-state index contributed by atoms with van der Waals surface area (Å²) >= 11 is -1.52. The number of hydrogen-bond donors (Lipinski definition) is 0. The number of hydrogen-bond acceptors (Lipinski definition) is 0. The van der Waals surface area contributed by atoms with Crippen molar-refractivity contribution in [3.05, 3.63) is 0 Å². The first-order valence-electron chi connectivity index (χ1n) is 9.74. The Balaban J connectivity index is 4.48. The van der Waals surface area contributed by atoms with Crippen molar-refractivity contribution in [2.75, 3.05) is 26.2 Å². The summed E-state index contributed by atoms with van der Waals surface area (Å²) in [6.07, 6.45) is 11.3. The standard InChI is InChI=1S/C16H35N.3CH3.Sn/c1-5-9-13-17(14-10-6-2,15-11-7-3)16-12-8-4;;;;/h1,5-16H2,2-4H3;3*1H3;/q+1;;;;. The molecule has 0 saturated heterocycles. The molecular formula is C19H44NSn+. The number of nitrogens with zero attached hydrogens (tertiary/aromatic N) is 1. The van der Waals surface area contributed by atoms with Crippen LogP contribution in [0.15, 0.2) is 0 Å². The summed E-state index contributed by atoms with van der Waals surface area (Å²) in [4.78, 5) is 7.76. The van der Waals surface area contributed by atoms with Gasteiger partial charge in [0.15, 0.2) is 0 Å². The van der Waals surface area contributed by atoms with E-state index in [1.54, 1.807) is 4.44 Å². The zero-order chi connectivity index (χ0) is 16.2. The van der Waals surface area contributed by atoms with Crippen LogP contribution in [0.5, 0.6) is 0 Å². The third-order valence-corrected chi connectivity index (χ3v) is 10.1. The molecule has 0 saturated carbocycles. The molecule has 0 aliphatic carbocycles. The molecular weight excluding hydrogens is 361 g/mol. The Morgan fingerprint density at radius 3 is 1.29 bits per heavy atom. The van der Waals surface area contributed by atoms with Gasteiger partial charge in [0.05, 0.1) is 0 Å². The Hall–Kier alpha value is 0.759. The zero-order valence-electron chi connectivity index (χ0n) is 16.1. The van der Waals surface area contributed by atoms with Gasteiger partial charge in [-0.3, -0.25) is 0 Å². The molecule has 0 atom stereocenters. The zero-order valence-corrected chi connectivity index (χ0v) is 19.0. The van der Waals surface area contributed by atoms with E-state index in [4.69, 9.17) is 0 Å². The van der Waals surface area contributed by atoms with E-state index in [2.05, 4.69) is 35.6 Å². The summed E-state index contributed by atoms with van der Waals surface area (Å²) in [5.41, 5.74) is 0. The van der Waals surface area contributed by atoms with Crippen LogP contribution >= 0.6 is 0 Å². The van der Waals surface area contributed by atoms with Crippen LogP contribution in [-0.2, 0) is 0 Å². The molecule has 0 aliphatic rings. The summed E-state index contributed by atoms with van der Waals surface area (Å²) < 4.78 is 3.03. The minimum atomic E-state index is -1.52. The van der Waals surface area contributed by atoms with Gasteiger partial charge < -0.3 is 0 Å². The molecule has 21 heavy (non-hydrogen) atoms. The summed E-state index contributed by atoms with van der Waals surface area (Å²) in [5.74, 6) is 0. The fourth-order valence-electron chi connectivity index (χ4n) is 3.25. The fourth-order valence-corrected chi connectivity index (χ4v) is 6.99. The number of quaternary nitrogens is 1. The second-order valence-electron chi connectivity index (χ2n) is 8.31. The third-order valence-electron chi connectivity index (χ3n) is 4.77. The molecule has 0 aromatic carbocycles. The van der Waals surface area contributed by atoms with Gasteiger partial charge in [0, 0.05) is 0 Å². The Labute approximate surface area is 140 Å². The van der Waals surface area contributed by atoms with Crippen molar-refractivity contribution in [1.82, 2.24) is 0 Å². The molecule has 128 valence electrons. The second-order valence-corrected chi connectivity index (χ2v) is 24.4. The van der Waals surface area contributed by atoms with E-state index in [-0.39, 0.29) is 0 Å². The van der Waals surface area contributed by atoms with Gasteiger partial charge >= 0.3 is 140 Å². The first kappa shape index (κ1) is 21.8. The fraction of sp³-hybridized carbons (Fsp3) is 1.00. The van der Waals surface area contributed by atoms with Crippen molar-refractivity contribution in [2.24, 2.45) is 0 Å². The molecule has 0 aliphatic heterocycles. The molecule has 0 bridgehead atoms. The maximum atomic E-state index is 2.59. The van der Waals surface area contributed by atoms with Gasteiger partial charge in [-0.05, 0) is 0 Å². The molecule has 0 aromatic rings. The van der Waals surface area contributed by atoms with Gasteiger partial charge in [-0.15, -0.1) is 0 Å². The molecule has 2 heteroatoms. The van der Waals surface area contributed by atoms with E-state index in [1.165, 1.54) is 82.0 Å². The topological polar surface area (TPSA) is 0 Å². The van der Waals surface area contributed by atoms with Crippen LogP contribution in [0.1, 0.15) is 72.1 Å². The van der Waals surface area contributed by atoms with Crippen molar-refractivity contribution in [3.8, 4) is 0 Å². The average Bonchev–Trinajstić information content (AvgIpc) is 2.43. The van der Waals surface area contributed by atoms with Crippen LogP contribution in [0.25, 0.3) is 0 Å². The van der Waals surface area contributed by atoms with Crippen molar-refractivity contribution >= 4 is 18.4 Å². The summed E-state index contributed by atoms with van der Waals surface area (Å²) in [5, 5.41) is 0. The quantitative estimate of drug-likeness (QED) is 0.180. The van der Waals surface area contributed by atoms with Gasteiger partial charge in [0.2, 0.25) is 0 Å². The van der Waals surface area contributed by atoms with Gasteiger partial charge in [-0.1, -0.05) is 0 Å². The van der Waals surface area contributed by atoms with Crippen molar-refractivity contribution in [2.45, 2.75) is 91.4 Å². The Kier molecular flexibility index (Phi) is 12.7. The predicted octanol–water partition coefficient (Wildman–Crippen LogP) is 6.32. The van der Waals surface area contributed by atoms with E-state index < -0.39 is 18.4 Å². The molecule has 0 fully saturated rings. The molecule has 0 unspecified atom stereocenters. The molecule has 0 amide bonds.